The Bertz CT molecular complexity index is 393. The van der Waals surface area contributed by atoms with Crippen molar-refractivity contribution >= 4 is 11.7 Å². The van der Waals surface area contributed by atoms with E-state index < -0.39 is 5.91 Å². The van der Waals surface area contributed by atoms with Crippen molar-refractivity contribution in [2.75, 3.05) is 5.32 Å². The number of rotatable bonds is 4. The monoisotopic (exact) mass is 219 g/mol. The number of anilines is 1. The van der Waals surface area contributed by atoms with Gasteiger partial charge in [-0.15, -0.1) is 0 Å². The van der Waals surface area contributed by atoms with Crippen LogP contribution in [0.3, 0.4) is 0 Å². The molecule has 2 rings (SSSR count). The third kappa shape index (κ3) is 2.32. The smallest absolute Gasteiger partial charge is 0.250 e. The lowest BCUT2D eigenvalue weighted by atomic mass is 9.99. The number of carbonyl (C=O) groups excluding carboxylic acids is 1. The van der Waals surface area contributed by atoms with Crippen LogP contribution in [-0.4, -0.2) is 16.4 Å². The summed E-state index contributed by atoms with van der Waals surface area (Å²) < 4.78 is 0. The molecule has 0 saturated heterocycles. The second-order valence-corrected chi connectivity index (χ2v) is 4.92. The van der Waals surface area contributed by atoms with Crippen LogP contribution in [0.1, 0.15) is 37.0 Å². The Kier molecular flexibility index (Phi) is 2.58. The fourth-order valence-corrected chi connectivity index (χ4v) is 1.85. The van der Waals surface area contributed by atoms with Crippen LogP contribution in [0.25, 0.3) is 0 Å². The molecule has 1 fully saturated rings. The first-order valence-electron chi connectivity index (χ1n) is 5.53. The summed E-state index contributed by atoms with van der Waals surface area (Å²) in [5.74, 6) is 1.08. The van der Waals surface area contributed by atoms with E-state index in [1.54, 1.807) is 12.1 Å². The Labute approximate surface area is 95.3 Å². The number of hydrogen-bond donors (Lipinski definition) is 2. The number of hydrogen-bond acceptors (Lipinski definition) is 3. The summed E-state index contributed by atoms with van der Waals surface area (Å²) in [5.41, 5.74) is 5.66. The molecule has 3 N–H and O–H groups in total. The lowest BCUT2D eigenvalue weighted by Crippen LogP contribution is -2.33. The molecule has 1 aromatic rings. The van der Waals surface area contributed by atoms with Crippen LogP contribution in [0.15, 0.2) is 18.3 Å². The summed E-state index contributed by atoms with van der Waals surface area (Å²) in [5, 5.41) is 3.38. The topological polar surface area (TPSA) is 68.0 Å². The van der Waals surface area contributed by atoms with Gasteiger partial charge in [0.2, 0.25) is 5.91 Å². The fraction of sp³-hybridized carbons (Fsp3) is 0.500. The van der Waals surface area contributed by atoms with Gasteiger partial charge in [-0.05, 0) is 44.7 Å². The van der Waals surface area contributed by atoms with Crippen molar-refractivity contribution in [1.29, 1.82) is 0 Å². The maximum absolute atomic E-state index is 10.9. The Morgan fingerprint density at radius 3 is 2.62 bits per heavy atom. The Balaban J connectivity index is 2.07. The number of pyridine rings is 1. The molecule has 0 bridgehead atoms. The van der Waals surface area contributed by atoms with Crippen LogP contribution in [0.2, 0.25) is 0 Å². The summed E-state index contributed by atoms with van der Waals surface area (Å²) >= 11 is 0. The molecule has 0 atom stereocenters. The maximum Gasteiger partial charge on any atom is 0.250 e. The zero-order chi connectivity index (χ0) is 11.8. The minimum absolute atomic E-state index is 0.0707. The summed E-state index contributed by atoms with van der Waals surface area (Å²) in [6.07, 6.45) is 4.06. The van der Waals surface area contributed by atoms with Gasteiger partial charge in [-0.1, -0.05) is 0 Å². The third-order valence-electron chi connectivity index (χ3n) is 3.10. The van der Waals surface area contributed by atoms with Crippen molar-refractivity contribution < 1.29 is 4.79 Å². The molecule has 1 aliphatic carbocycles. The van der Waals surface area contributed by atoms with Crippen molar-refractivity contribution in [3.8, 4) is 0 Å². The van der Waals surface area contributed by atoms with E-state index in [0.29, 0.717) is 5.56 Å². The minimum Gasteiger partial charge on any atom is -0.366 e. The summed E-state index contributed by atoms with van der Waals surface area (Å²) in [7, 11) is 0. The molecule has 0 spiro atoms. The van der Waals surface area contributed by atoms with Gasteiger partial charge in [0.25, 0.3) is 0 Å². The van der Waals surface area contributed by atoms with E-state index in [1.165, 1.54) is 19.0 Å². The Hall–Kier alpha value is -1.58. The highest BCUT2D eigenvalue weighted by Gasteiger charge is 2.37. The minimum atomic E-state index is -0.444. The van der Waals surface area contributed by atoms with Gasteiger partial charge in [-0.3, -0.25) is 4.79 Å². The highest BCUT2D eigenvalue weighted by molar-refractivity contribution is 5.92. The molecule has 16 heavy (non-hydrogen) atoms. The van der Waals surface area contributed by atoms with E-state index in [2.05, 4.69) is 24.1 Å². The standard InChI is InChI=1S/C12H17N3O/c1-12(2,9-4-5-9)15-10-6-3-8(7-14-10)11(13)16/h3,6-7,9H,4-5H2,1-2H3,(H2,13,16)(H,14,15). The molecule has 4 heteroatoms. The molecule has 0 unspecified atom stereocenters. The fourth-order valence-electron chi connectivity index (χ4n) is 1.85. The Morgan fingerprint density at radius 2 is 2.19 bits per heavy atom. The average Bonchev–Trinajstić information content (AvgIpc) is 3.01. The first kappa shape index (κ1) is 10.9. The van der Waals surface area contributed by atoms with Gasteiger partial charge in [-0.25, -0.2) is 4.98 Å². The maximum atomic E-state index is 10.9. The molecular formula is C12H17N3O. The number of carbonyl (C=O) groups is 1. The van der Waals surface area contributed by atoms with Gasteiger partial charge in [0, 0.05) is 11.7 Å². The van der Waals surface area contributed by atoms with E-state index >= 15 is 0 Å². The van der Waals surface area contributed by atoms with Crippen LogP contribution >= 0.6 is 0 Å². The van der Waals surface area contributed by atoms with Crippen LogP contribution < -0.4 is 11.1 Å². The Morgan fingerprint density at radius 1 is 1.50 bits per heavy atom. The van der Waals surface area contributed by atoms with Gasteiger partial charge in [0.15, 0.2) is 0 Å². The number of primary amides is 1. The number of nitrogens with two attached hydrogens (primary N) is 1. The van der Waals surface area contributed by atoms with E-state index in [4.69, 9.17) is 5.73 Å². The number of nitrogens with one attached hydrogen (secondary N) is 1. The number of aromatic nitrogens is 1. The molecule has 1 saturated carbocycles. The normalized spacial score (nSPS) is 15.9. The van der Waals surface area contributed by atoms with Crippen molar-refractivity contribution in [1.82, 2.24) is 4.98 Å². The van der Waals surface area contributed by atoms with Crippen molar-refractivity contribution in [3.63, 3.8) is 0 Å². The van der Waals surface area contributed by atoms with Gasteiger partial charge in [0.05, 0.1) is 5.56 Å². The third-order valence-corrected chi connectivity index (χ3v) is 3.10. The van der Waals surface area contributed by atoms with Crippen molar-refractivity contribution in [2.45, 2.75) is 32.2 Å². The second kappa shape index (κ2) is 3.77. The van der Waals surface area contributed by atoms with Gasteiger partial charge in [-0.2, -0.15) is 0 Å². The molecule has 4 nitrogen and oxygen atoms in total. The first-order chi connectivity index (χ1) is 7.49. The van der Waals surface area contributed by atoms with E-state index in [0.717, 1.165) is 11.7 Å². The van der Waals surface area contributed by atoms with Crippen LogP contribution in [-0.2, 0) is 0 Å². The molecule has 1 amide bonds. The molecular weight excluding hydrogens is 202 g/mol. The van der Waals surface area contributed by atoms with Crippen LogP contribution in [0, 0.1) is 5.92 Å². The summed E-state index contributed by atoms with van der Waals surface area (Å²) in [6, 6.07) is 3.49. The zero-order valence-electron chi connectivity index (χ0n) is 9.66. The second-order valence-electron chi connectivity index (χ2n) is 4.92. The van der Waals surface area contributed by atoms with E-state index in [1.807, 2.05) is 0 Å². The average molecular weight is 219 g/mol. The molecule has 0 aromatic carbocycles. The van der Waals surface area contributed by atoms with Crippen molar-refractivity contribution in [2.24, 2.45) is 11.7 Å². The predicted molar refractivity (Wildman–Crippen MR) is 63.2 cm³/mol. The predicted octanol–water partition coefficient (Wildman–Crippen LogP) is 1.78. The largest absolute Gasteiger partial charge is 0.366 e. The summed E-state index contributed by atoms with van der Waals surface area (Å²) in [4.78, 5) is 15.1. The van der Waals surface area contributed by atoms with Gasteiger partial charge in [0.1, 0.15) is 5.82 Å². The molecule has 86 valence electrons. The molecule has 1 aliphatic rings. The molecule has 1 aromatic heterocycles. The zero-order valence-corrected chi connectivity index (χ0v) is 9.66. The molecule has 1 heterocycles. The summed E-state index contributed by atoms with van der Waals surface area (Å²) in [6.45, 7) is 4.35. The first-order valence-corrected chi connectivity index (χ1v) is 5.53. The van der Waals surface area contributed by atoms with Crippen molar-refractivity contribution in [3.05, 3.63) is 23.9 Å². The highest BCUT2D eigenvalue weighted by atomic mass is 16.1. The van der Waals surface area contributed by atoms with E-state index in [9.17, 15) is 4.79 Å². The number of nitrogens with zero attached hydrogens (tertiary/aromatic N) is 1. The highest BCUT2D eigenvalue weighted by Crippen LogP contribution is 2.40. The van der Waals surface area contributed by atoms with Gasteiger partial charge < -0.3 is 11.1 Å². The van der Waals surface area contributed by atoms with E-state index in [-0.39, 0.29) is 5.54 Å². The SMILES string of the molecule is CC(C)(Nc1ccc(C(N)=O)cn1)C1CC1. The molecule has 0 aliphatic heterocycles. The van der Waals surface area contributed by atoms with Crippen LogP contribution in [0.4, 0.5) is 5.82 Å². The molecule has 0 radical (unpaired) electrons. The van der Waals surface area contributed by atoms with Crippen LogP contribution in [0.5, 0.6) is 0 Å². The number of amides is 1. The lowest BCUT2D eigenvalue weighted by molar-refractivity contribution is 0.1000. The lowest BCUT2D eigenvalue weighted by Gasteiger charge is -2.26. The van der Waals surface area contributed by atoms with Gasteiger partial charge >= 0.3 is 0 Å². The quantitative estimate of drug-likeness (QED) is 0.811.